The summed E-state index contributed by atoms with van der Waals surface area (Å²) in [5.74, 6) is -0.769. The molecule has 1 amide bonds. The van der Waals surface area contributed by atoms with Crippen molar-refractivity contribution >= 4 is 49.4 Å². The fraction of sp³-hybridized carbons (Fsp3) is 0.333. The minimum atomic E-state index is -0.396. The second-order valence-corrected chi connectivity index (χ2v) is 5.37. The van der Waals surface area contributed by atoms with Gasteiger partial charge in [-0.15, -0.1) is 0 Å². The Morgan fingerprint density at radius 3 is 2.33 bits per heavy atom. The van der Waals surface area contributed by atoms with Crippen LogP contribution < -0.4 is 5.32 Å². The van der Waals surface area contributed by atoms with Crippen molar-refractivity contribution < 1.29 is 14.3 Å². The predicted molar refractivity (Wildman–Crippen MR) is 76.5 cm³/mol. The lowest BCUT2D eigenvalue weighted by Crippen LogP contribution is -2.21. The summed E-state index contributed by atoms with van der Waals surface area (Å²) >= 11 is 6.74. The van der Waals surface area contributed by atoms with E-state index in [0.29, 0.717) is 5.69 Å². The number of hydrogen-bond donors (Lipinski definition) is 1. The Labute approximate surface area is 122 Å². The van der Waals surface area contributed by atoms with E-state index in [1.54, 1.807) is 6.92 Å². The van der Waals surface area contributed by atoms with Crippen molar-refractivity contribution in [3.8, 4) is 0 Å². The minimum absolute atomic E-state index is 0.255. The molecule has 0 saturated heterocycles. The number of aryl methyl sites for hydroxylation is 1. The highest BCUT2D eigenvalue weighted by Gasteiger charge is 2.11. The predicted octanol–water partition coefficient (Wildman–Crippen LogP) is 3.41. The molecule has 0 aliphatic rings. The lowest BCUT2D eigenvalue weighted by Gasteiger charge is -2.10. The van der Waals surface area contributed by atoms with Crippen molar-refractivity contribution in [3.63, 3.8) is 0 Å². The fourth-order valence-electron chi connectivity index (χ4n) is 1.24. The first-order chi connectivity index (χ1) is 8.43. The molecule has 1 rings (SSSR count). The van der Waals surface area contributed by atoms with Crippen LogP contribution in [0.1, 0.15) is 18.9 Å². The van der Waals surface area contributed by atoms with E-state index in [0.717, 1.165) is 14.5 Å². The Morgan fingerprint density at radius 1 is 1.28 bits per heavy atom. The maximum atomic E-state index is 11.6. The smallest absolute Gasteiger partial charge is 0.306 e. The zero-order chi connectivity index (χ0) is 13.7. The van der Waals surface area contributed by atoms with Gasteiger partial charge in [0.05, 0.1) is 5.69 Å². The second-order valence-electron chi connectivity index (χ2n) is 3.67. The van der Waals surface area contributed by atoms with E-state index in [2.05, 4.69) is 37.2 Å². The normalized spacial score (nSPS) is 10.0. The highest BCUT2D eigenvalue weighted by molar-refractivity contribution is 9.11. The third kappa shape index (κ3) is 4.42. The molecule has 0 fully saturated rings. The lowest BCUT2D eigenvalue weighted by atomic mass is 10.2. The van der Waals surface area contributed by atoms with Crippen molar-refractivity contribution in [3.05, 3.63) is 26.6 Å². The number of anilines is 1. The molecule has 0 spiro atoms. The number of benzene rings is 1. The van der Waals surface area contributed by atoms with Gasteiger partial charge in [0.15, 0.2) is 6.61 Å². The van der Waals surface area contributed by atoms with E-state index in [4.69, 9.17) is 4.74 Å². The summed E-state index contributed by atoms with van der Waals surface area (Å²) in [5.41, 5.74) is 1.68. The molecule has 0 aliphatic carbocycles. The molecule has 1 N–H and O–H groups in total. The first-order valence-corrected chi connectivity index (χ1v) is 6.93. The number of ether oxygens (including phenoxy) is 1. The molecular weight excluding hydrogens is 366 g/mol. The van der Waals surface area contributed by atoms with Gasteiger partial charge < -0.3 is 10.1 Å². The average molecular weight is 379 g/mol. The van der Waals surface area contributed by atoms with Crippen LogP contribution in [0.15, 0.2) is 21.1 Å². The number of rotatable bonds is 4. The van der Waals surface area contributed by atoms with Gasteiger partial charge in [0.25, 0.3) is 5.91 Å². The molecule has 0 radical (unpaired) electrons. The van der Waals surface area contributed by atoms with Crippen molar-refractivity contribution in [2.24, 2.45) is 0 Å². The largest absolute Gasteiger partial charge is 0.456 e. The van der Waals surface area contributed by atoms with Gasteiger partial charge in [-0.3, -0.25) is 9.59 Å². The van der Waals surface area contributed by atoms with Crippen molar-refractivity contribution in [1.82, 2.24) is 0 Å². The van der Waals surface area contributed by atoms with Gasteiger partial charge in [-0.25, -0.2) is 0 Å². The van der Waals surface area contributed by atoms with Crippen LogP contribution in [0, 0.1) is 6.92 Å². The molecule has 0 unspecified atom stereocenters. The van der Waals surface area contributed by atoms with Gasteiger partial charge in [-0.05, 0) is 56.5 Å². The number of carbonyl (C=O) groups excluding carboxylic acids is 2. The number of nitrogens with one attached hydrogen (secondary N) is 1. The fourth-order valence-corrected chi connectivity index (χ4v) is 2.86. The lowest BCUT2D eigenvalue weighted by molar-refractivity contribution is -0.146. The maximum absolute atomic E-state index is 11.6. The van der Waals surface area contributed by atoms with Crippen LogP contribution in [0.2, 0.25) is 0 Å². The molecule has 0 atom stereocenters. The monoisotopic (exact) mass is 377 g/mol. The van der Waals surface area contributed by atoms with Crippen LogP contribution in [0.5, 0.6) is 0 Å². The summed E-state index contributed by atoms with van der Waals surface area (Å²) in [7, 11) is 0. The van der Waals surface area contributed by atoms with Gasteiger partial charge in [-0.2, -0.15) is 0 Å². The average Bonchev–Trinajstić information content (AvgIpc) is 2.30. The highest BCUT2D eigenvalue weighted by Crippen LogP contribution is 2.32. The van der Waals surface area contributed by atoms with Crippen LogP contribution >= 0.6 is 31.9 Å². The molecule has 1 aromatic rings. The van der Waals surface area contributed by atoms with Crippen LogP contribution in [0.4, 0.5) is 5.69 Å². The molecular formula is C12H13Br2NO3. The Hall–Kier alpha value is -0.880. The van der Waals surface area contributed by atoms with Gasteiger partial charge in [-0.1, -0.05) is 6.92 Å². The van der Waals surface area contributed by atoms with Crippen molar-refractivity contribution in [1.29, 1.82) is 0 Å². The molecule has 0 aliphatic heterocycles. The summed E-state index contributed by atoms with van der Waals surface area (Å²) in [6.45, 7) is 3.34. The molecule has 0 aromatic heterocycles. The third-order valence-electron chi connectivity index (χ3n) is 2.10. The number of hydrogen-bond acceptors (Lipinski definition) is 3. The number of esters is 1. The van der Waals surface area contributed by atoms with E-state index in [1.807, 2.05) is 19.1 Å². The Balaban J connectivity index is 2.68. The summed E-state index contributed by atoms with van der Waals surface area (Å²) in [6, 6.07) is 3.77. The number of halogens is 2. The molecule has 0 heterocycles. The third-order valence-corrected chi connectivity index (χ3v) is 3.35. The van der Waals surface area contributed by atoms with Crippen molar-refractivity contribution in [2.45, 2.75) is 20.3 Å². The standard InChI is InChI=1S/C12H13Br2NO3/c1-3-11(17)18-6-10(16)15-12-8(13)4-7(2)5-9(12)14/h4-5H,3,6H2,1-2H3,(H,15,16). The van der Waals surface area contributed by atoms with E-state index >= 15 is 0 Å². The first kappa shape index (κ1) is 15.2. The van der Waals surface area contributed by atoms with E-state index in [1.165, 1.54) is 0 Å². The molecule has 0 bridgehead atoms. The summed E-state index contributed by atoms with van der Waals surface area (Å²) in [5, 5.41) is 2.68. The van der Waals surface area contributed by atoms with Crippen LogP contribution in [0.3, 0.4) is 0 Å². The molecule has 18 heavy (non-hydrogen) atoms. The maximum Gasteiger partial charge on any atom is 0.306 e. The first-order valence-electron chi connectivity index (χ1n) is 5.35. The molecule has 1 aromatic carbocycles. The highest BCUT2D eigenvalue weighted by atomic mass is 79.9. The van der Waals surface area contributed by atoms with E-state index < -0.39 is 5.97 Å². The second kappa shape index (κ2) is 6.89. The number of carbonyl (C=O) groups is 2. The van der Waals surface area contributed by atoms with Gasteiger partial charge in [0.1, 0.15) is 0 Å². The molecule has 4 nitrogen and oxygen atoms in total. The minimum Gasteiger partial charge on any atom is -0.456 e. The summed E-state index contributed by atoms with van der Waals surface area (Å²) in [4.78, 5) is 22.5. The summed E-state index contributed by atoms with van der Waals surface area (Å²) in [6.07, 6.45) is 0.255. The van der Waals surface area contributed by atoms with E-state index in [-0.39, 0.29) is 18.9 Å². The Bertz CT molecular complexity index is 451. The summed E-state index contributed by atoms with van der Waals surface area (Å²) < 4.78 is 6.28. The zero-order valence-corrected chi connectivity index (χ0v) is 13.2. The van der Waals surface area contributed by atoms with Crippen LogP contribution in [-0.4, -0.2) is 18.5 Å². The van der Waals surface area contributed by atoms with Gasteiger partial charge in [0.2, 0.25) is 0 Å². The zero-order valence-electron chi connectivity index (χ0n) is 10.0. The Kier molecular flexibility index (Phi) is 5.81. The van der Waals surface area contributed by atoms with Gasteiger partial charge in [0, 0.05) is 15.4 Å². The quantitative estimate of drug-likeness (QED) is 0.816. The van der Waals surface area contributed by atoms with Crippen molar-refractivity contribution in [2.75, 3.05) is 11.9 Å². The SMILES string of the molecule is CCC(=O)OCC(=O)Nc1c(Br)cc(C)cc1Br. The topological polar surface area (TPSA) is 55.4 Å². The van der Waals surface area contributed by atoms with Gasteiger partial charge >= 0.3 is 5.97 Å². The van der Waals surface area contributed by atoms with Crippen LogP contribution in [-0.2, 0) is 14.3 Å². The van der Waals surface area contributed by atoms with Crippen LogP contribution in [0.25, 0.3) is 0 Å². The molecule has 0 saturated carbocycles. The Morgan fingerprint density at radius 2 is 1.83 bits per heavy atom. The molecule has 6 heteroatoms. The van der Waals surface area contributed by atoms with E-state index in [9.17, 15) is 9.59 Å². The molecule has 98 valence electrons. The number of amides is 1.